The summed E-state index contributed by atoms with van der Waals surface area (Å²) < 4.78 is 0. The van der Waals surface area contributed by atoms with E-state index in [1.807, 2.05) is 0 Å². The van der Waals surface area contributed by atoms with Crippen molar-refractivity contribution in [3.8, 4) is 0 Å². The second-order valence-electron chi connectivity index (χ2n) is 2.31. The first-order chi connectivity index (χ1) is 7.02. The van der Waals surface area contributed by atoms with Crippen LogP contribution in [0, 0.1) is 6.92 Å². The summed E-state index contributed by atoms with van der Waals surface area (Å²) in [5.41, 5.74) is 0.399. The number of carbonyl (C=O) groups excluding carboxylic acids is 1. The summed E-state index contributed by atoms with van der Waals surface area (Å²) in [6, 6.07) is 4.67. The zero-order valence-electron chi connectivity index (χ0n) is 8.65. The molecule has 0 aliphatic carbocycles. The Morgan fingerprint density at radius 1 is 1.50 bits per heavy atom. The number of benzene rings is 1. The number of hydrogen-bond donors (Lipinski definition) is 0. The number of hydrogen-bond acceptors (Lipinski definition) is 1. The largest absolute Gasteiger partial charge is 1.00 e. The number of Topliss-reactive ketones (excluding diaryl/α,β-unsaturated/α-hetero) is 1. The van der Waals surface area contributed by atoms with Gasteiger partial charge in [-0.25, -0.2) is 0 Å². The van der Waals surface area contributed by atoms with Gasteiger partial charge in [-0.1, -0.05) is 17.7 Å². The monoisotopic (exact) mass is 248 g/mol. The van der Waals surface area contributed by atoms with Crippen molar-refractivity contribution in [1.82, 2.24) is 0 Å². The third-order valence-electron chi connectivity index (χ3n) is 1.30. The molecule has 1 aromatic rings. The summed E-state index contributed by atoms with van der Waals surface area (Å²) in [4.78, 5) is 13.4. The molecule has 0 amide bonds. The van der Waals surface area contributed by atoms with Gasteiger partial charge in [-0.15, -0.1) is 23.2 Å². The van der Waals surface area contributed by atoms with Gasteiger partial charge in [0.2, 0.25) is 0 Å². The van der Waals surface area contributed by atoms with Crippen molar-refractivity contribution >= 4 is 42.0 Å². The molecule has 0 aliphatic heterocycles. The zero-order valence-corrected chi connectivity index (χ0v) is 10.2. The maximum absolute atomic E-state index is 10.7. The van der Waals surface area contributed by atoms with E-state index in [4.69, 9.17) is 28.6 Å². The molecule has 0 radical (unpaired) electrons. The molecule has 0 bridgehead atoms. The quantitative estimate of drug-likeness (QED) is 0.242. The Labute approximate surface area is 117 Å². The van der Waals surface area contributed by atoms with E-state index in [1.165, 1.54) is 6.07 Å². The standard InChI is InChI=1S/C8H5Cl2O.C2H2N2.Li/c1-5(11)7-3-2-6(9)4-8(7)10;1-4-2-3;/h2-4H,1H2;1-2H;/q-1;-2;+1. The number of nitrogens with zero attached hydrogens (tertiary/aromatic N) is 2. The maximum atomic E-state index is 10.7. The molecule has 80 valence electrons. The molecule has 0 N–H and O–H groups in total. The molecule has 0 fully saturated rings. The molecule has 0 aromatic heterocycles. The van der Waals surface area contributed by atoms with Crippen LogP contribution in [-0.2, 0) is 0 Å². The topological polar surface area (TPSA) is 51.7 Å². The molecule has 1 aromatic carbocycles. The average Bonchev–Trinajstić information content (AvgIpc) is 2.17. The molecule has 16 heavy (non-hydrogen) atoms. The van der Waals surface area contributed by atoms with E-state index >= 15 is 0 Å². The van der Waals surface area contributed by atoms with Crippen LogP contribution in [0.2, 0.25) is 10.0 Å². The third kappa shape index (κ3) is 6.70. The Kier molecular flexibility index (Phi) is 10.5. The smallest absolute Gasteiger partial charge is 0.650 e. The molecule has 6 heteroatoms. The number of ketones is 1. The Morgan fingerprint density at radius 3 is 2.31 bits per heavy atom. The number of aliphatic imine (C=N–C) groups is 1. The fourth-order valence-corrected chi connectivity index (χ4v) is 1.23. The van der Waals surface area contributed by atoms with Gasteiger partial charge in [0.1, 0.15) is 0 Å². The van der Waals surface area contributed by atoms with E-state index < -0.39 is 0 Å². The molecule has 1 rings (SSSR count). The van der Waals surface area contributed by atoms with Gasteiger partial charge in [0.25, 0.3) is 0 Å². The van der Waals surface area contributed by atoms with E-state index in [-0.39, 0.29) is 24.6 Å². The second-order valence-corrected chi connectivity index (χ2v) is 3.16. The first-order valence-corrected chi connectivity index (χ1v) is 4.45. The van der Waals surface area contributed by atoms with E-state index in [9.17, 15) is 4.79 Å². The average molecular weight is 249 g/mol. The Morgan fingerprint density at radius 2 is 2.00 bits per heavy atom. The fraction of sp³-hybridized carbons (Fsp3) is 0. The number of carbonyl (C=O) groups is 1. The first kappa shape index (κ1) is 17.7. The van der Waals surface area contributed by atoms with Crippen LogP contribution in [0.5, 0.6) is 0 Å². The van der Waals surface area contributed by atoms with E-state index in [0.717, 1.165) is 0 Å². The molecule has 0 heterocycles. The number of rotatable bonds is 2. The van der Waals surface area contributed by atoms with Gasteiger partial charge in [-0.3, -0.25) is 6.34 Å². The molecular formula is C10H7Cl2LiN2O-2. The molecular weight excluding hydrogens is 242 g/mol. The molecule has 0 atom stereocenters. The molecule has 3 nitrogen and oxygen atoms in total. The van der Waals surface area contributed by atoms with Gasteiger partial charge in [0.15, 0.2) is 0 Å². The fourth-order valence-electron chi connectivity index (χ4n) is 0.716. The van der Waals surface area contributed by atoms with E-state index in [1.54, 1.807) is 12.1 Å². The maximum Gasteiger partial charge on any atom is 1.00 e. The minimum absolute atomic E-state index is 0. The van der Waals surface area contributed by atoms with E-state index in [0.29, 0.717) is 21.9 Å². The van der Waals surface area contributed by atoms with Crippen LogP contribution in [0.25, 0.3) is 5.41 Å². The van der Waals surface area contributed by atoms with Crippen molar-refractivity contribution in [2.75, 3.05) is 0 Å². The van der Waals surface area contributed by atoms with Gasteiger partial charge >= 0.3 is 18.9 Å². The van der Waals surface area contributed by atoms with Gasteiger partial charge in [-0.2, -0.15) is 6.92 Å². The summed E-state index contributed by atoms with van der Waals surface area (Å²) in [6.07, 6.45) is 0.528. The van der Waals surface area contributed by atoms with Crippen LogP contribution in [0.4, 0.5) is 0 Å². The zero-order chi connectivity index (χ0) is 11.8. The first-order valence-electron chi connectivity index (χ1n) is 3.70. The van der Waals surface area contributed by atoms with Gasteiger partial charge in [0, 0.05) is 10.8 Å². The predicted octanol–water partition coefficient (Wildman–Crippen LogP) is 0.176. The van der Waals surface area contributed by atoms with Crippen molar-refractivity contribution in [3.05, 3.63) is 46.1 Å². The normalized spacial score (nSPS) is 7.88. The van der Waals surface area contributed by atoms with Crippen LogP contribution in [0.3, 0.4) is 0 Å². The van der Waals surface area contributed by atoms with Crippen LogP contribution >= 0.6 is 23.2 Å². The predicted molar refractivity (Wildman–Crippen MR) is 64.1 cm³/mol. The summed E-state index contributed by atoms with van der Waals surface area (Å²) in [5.74, 6) is -0.299. The third-order valence-corrected chi connectivity index (χ3v) is 1.85. The van der Waals surface area contributed by atoms with Crippen LogP contribution in [0.15, 0.2) is 23.2 Å². The van der Waals surface area contributed by atoms with Crippen molar-refractivity contribution in [3.63, 3.8) is 0 Å². The van der Waals surface area contributed by atoms with Crippen LogP contribution in [0.1, 0.15) is 10.4 Å². The Bertz CT molecular complexity index is 377. The molecule has 0 saturated heterocycles. The summed E-state index contributed by atoms with van der Waals surface area (Å²) in [7, 11) is 0. The molecule has 0 aliphatic rings. The van der Waals surface area contributed by atoms with Crippen LogP contribution in [-0.4, -0.2) is 18.8 Å². The molecule has 0 saturated carbocycles. The SMILES string of the molecule is [CH-]=NC=[N-].[CH2-]C(=O)c1ccc(Cl)cc1Cl.[Li+]. The molecule has 0 unspecified atom stereocenters. The van der Waals surface area contributed by atoms with Gasteiger partial charge in [0.05, 0.1) is 0 Å². The summed E-state index contributed by atoms with van der Waals surface area (Å²) in [6.45, 7) is 7.58. The van der Waals surface area contributed by atoms with Crippen molar-refractivity contribution in [2.45, 2.75) is 0 Å². The van der Waals surface area contributed by atoms with Gasteiger partial charge < -0.3 is 21.9 Å². The number of halogens is 2. The van der Waals surface area contributed by atoms with Crippen molar-refractivity contribution < 1.29 is 23.7 Å². The summed E-state index contributed by atoms with van der Waals surface area (Å²) in [5, 5.41) is 8.32. The van der Waals surface area contributed by atoms with E-state index in [2.05, 4.69) is 18.6 Å². The Balaban J connectivity index is 0. The summed E-state index contributed by atoms with van der Waals surface area (Å²) >= 11 is 11.3. The van der Waals surface area contributed by atoms with Gasteiger partial charge in [-0.05, 0) is 11.1 Å². The Hall–Kier alpha value is -0.723. The van der Waals surface area contributed by atoms with Crippen LogP contribution < -0.4 is 18.9 Å². The minimum atomic E-state index is -0.299. The minimum Gasteiger partial charge on any atom is -0.650 e. The second kappa shape index (κ2) is 9.50. The molecule has 0 spiro atoms. The van der Waals surface area contributed by atoms with Crippen molar-refractivity contribution in [2.24, 2.45) is 4.99 Å². The van der Waals surface area contributed by atoms with Crippen molar-refractivity contribution in [1.29, 1.82) is 0 Å².